The van der Waals surface area contributed by atoms with Crippen molar-refractivity contribution < 1.29 is 4.74 Å². The molecule has 1 saturated heterocycles. The van der Waals surface area contributed by atoms with Gasteiger partial charge in [-0.15, -0.1) is 0 Å². The first-order valence-corrected chi connectivity index (χ1v) is 7.38. The summed E-state index contributed by atoms with van der Waals surface area (Å²) in [6, 6.07) is 6.13. The van der Waals surface area contributed by atoms with Crippen molar-refractivity contribution in [1.82, 2.24) is 5.32 Å². The fraction of sp³-hybridized carbons (Fsp3) is 0.538. The van der Waals surface area contributed by atoms with E-state index in [2.05, 4.69) is 11.4 Å². The van der Waals surface area contributed by atoms with E-state index in [4.69, 9.17) is 16.3 Å². The number of benzene rings is 1. The zero-order valence-corrected chi connectivity index (χ0v) is 11.8. The van der Waals surface area contributed by atoms with Crippen LogP contribution in [0.2, 0.25) is 5.02 Å². The Morgan fingerprint density at radius 3 is 2.88 bits per heavy atom. The summed E-state index contributed by atoms with van der Waals surface area (Å²) in [6.07, 6.45) is 0.157. The zero-order valence-electron chi connectivity index (χ0n) is 10.2. The molecule has 1 aromatic carbocycles. The topological polar surface area (TPSA) is 21.3 Å². The van der Waals surface area contributed by atoms with Crippen molar-refractivity contribution in [3.05, 3.63) is 28.8 Å². The van der Waals surface area contributed by atoms with E-state index in [9.17, 15) is 0 Å². The van der Waals surface area contributed by atoms with Gasteiger partial charge in [0, 0.05) is 24.1 Å². The lowest BCUT2D eigenvalue weighted by Crippen LogP contribution is -2.28. The number of nitrogens with one attached hydrogen (secondary N) is 1. The Kier molecular flexibility index (Phi) is 4.60. The molecule has 0 spiro atoms. The van der Waals surface area contributed by atoms with Crippen LogP contribution in [0.25, 0.3) is 0 Å². The SMILES string of the molecule is CC(C)Oc1ccc(C2CNCCS2)cc1Cl. The molecule has 94 valence electrons. The first kappa shape index (κ1) is 13.1. The average molecular weight is 272 g/mol. The van der Waals surface area contributed by atoms with Crippen LogP contribution >= 0.6 is 23.4 Å². The van der Waals surface area contributed by atoms with Crippen LogP contribution in [0.3, 0.4) is 0 Å². The van der Waals surface area contributed by atoms with Crippen molar-refractivity contribution in [2.24, 2.45) is 0 Å². The van der Waals surface area contributed by atoms with Crippen molar-refractivity contribution in [2.45, 2.75) is 25.2 Å². The molecule has 1 aliphatic heterocycles. The third-order valence-electron chi connectivity index (χ3n) is 2.62. The highest BCUT2D eigenvalue weighted by molar-refractivity contribution is 7.99. The van der Waals surface area contributed by atoms with Crippen LogP contribution in [0.4, 0.5) is 0 Å². The number of rotatable bonds is 3. The summed E-state index contributed by atoms with van der Waals surface area (Å²) in [6.45, 7) is 6.13. The molecule has 0 radical (unpaired) electrons. The van der Waals surface area contributed by atoms with E-state index in [1.165, 1.54) is 5.56 Å². The van der Waals surface area contributed by atoms with Crippen LogP contribution in [0, 0.1) is 0 Å². The van der Waals surface area contributed by atoms with Crippen LogP contribution in [0.1, 0.15) is 24.7 Å². The van der Waals surface area contributed by atoms with Gasteiger partial charge in [0.15, 0.2) is 0 Å². The number of hydrogen-bond donors (Lipinski definition) is 1. The molecule has 1 N–H and O–H groups in total. The number of halogens is 1. The Morgan fingerprint density at radius 2 is 2.29 bits per heavy atom. The highest BCUT2D eigenvalue weighted by atomic mass is 35.5. The minimum atomic E-state index is 0.157. The normalized spacial score (nSPS) is 20.6. The molecule has 17 heavy (non-hydrogen) atoms. The second-order valence-corrected chi connectivity index (χ2v) is 6.14. The van der Waals surface area contributed by atoms with Crippen molar-refractivity contribution in [2.75, 3.05) is 18.8 Å². The van der Waals surface area contributed by atoms with E-state index in [0.29, 0.717) is 10.3 Å². The van der Waals surface area contributed by atoms with Gasteiger partial charge in [0.1, 0.15) is 5.75 Å². The maximum atomic E-state index is 6.24. The summed E-state index contributed by atoms with van der Waals surface area (Å²) in [4.78, 5) is 0. The van der Waals surface area contributed by atoms with Crippen molar-refractivity contribution in [3.8, 4) is 5.75 Å². The van der Waals surface area contributed by atoms with Crippen LogP contribution in [0.15, 0.2) is 18.2 Å². The third-order valence-corrected chi connectivity index (χ3v) is 4.19. The molecule has 1 unspecified atom stereocenters. The fourth-order valence-corrected chi connectivity index (χ4v) is 3.20. The van der Waals surface area contributed by atoms with Gasteiger partial charge in [-0.2, -0.15) is 11.8 Å². The lowest BCUT2D eigenvalue weighted by Gasteiger charge is -2.23. The number of hydrogen-bond acceptors (Lipinski definition) is 3. The van der Waals surface area contributed by atoms with E-state index >= 15 is 0 Å². The van der Waals surface area contributed by atoms with E-state index in [1.54, 1.807) is 0 Å². The quantitative estimate of drug-likeness (QED) is 0.909. The smallest absolute Gasteiger partial charge is 0.138 e. The Bertz CT molecular complexity index is 378. The highest BCUT2D eigenvalue weighted by Gasteiger charge is 2.17. The molecular formula is C13H18ClNOS. The van der Waals surface area contributed by atoms with Gasteiger partial charge in [0.05, 0.1) is 11.1 Å². The van der Waals surface area contributed by atoms with Gasteiger partial charge in [0.2, 0.25) is 0 Å². The van der Waals surface area contributed by atoms with E-state index in [-0.39, 0.29) is 6.10 Å². The van der Waals surface area contributed by atoms with E-state index in [1.807, 2.05) is 37.7 Å². The lowest BCUT2D eigenvalue weighted by atomic mass is 10.1. The summed E-state index contributed by atoms with van der Waals surface area (Å²) in [7, 11) is 0. The van der Waals surface area contributed by atoms with Gasteiger partial charge >= 0.3 is 0 Å². The minimum absolute atomic E-state index is 0.157. The summed E-state index contributed by atoms with van der Waals surface area (Å²) >= 11 is 8.22. The number of ether oxygens (including phenoxy) is 1. The summed E-state index contributed by atoms with van der Waals surface area (Å²) in [5.41, 5.74) is 1.28. The summed E-state index contributed by atoms with van der Waals surface area (Å²) in [5, 5.41) is 4.62. The molecule has 0 aromatic heterocycles. The molecule has 0 aliphatic carbocycles. The Morgan fingerprint density at radius 1 is 1.47 bits per heavy atom. The molecule has 1 aromatic rings. The Balaban J connectivity index is 2.12. The van der Waals surface area contributed by atoms with E-state index in [0.717, 1.165) is 24.6 Å². The van der Waals surface area contributed by atoms with Crippen LogP contribution < -0.4 is 10.1 Å². The monoisotopic (exact) mass is 271 g/mol. The molecule has 2 rings (SSSR count). The van der Waals surface area contributed by atoms with Gasteiger partial charge in [-0.1, -0.05) is 17.7 Å². The molecule has 1 heterocycles. The lowest BCUT2D eigenvalue weighted by molar-refractivity contribution is 0.242. The standard InChI is InChI=1S/C13H18ClNOS/c1-9(2)16-12-4-3-10(7-11(12)14)13-8-15-5-6-17-13/h3-4,7,9,13,15H,5-6,8H2,1-2H3. The first-order chi connectivity index (χ1) is 8.16. The first-order valence-electron chi connectivity index (χ1n) is 5.95. The van der Waals surface area contributed by atoms with Crippen LogP contribution in [0.5, 0.6) is 5.75 Å². The van der Waals surface area contributed by atoms with Gasteiger partial charge < -0.3 is 10.1 Å². The second kappa shape index (κ2) is 5.98. The van der Waals surface area contributed by atoms with E-state index < -0.39 is 0 Å². The third kappa shape index (κ3) is 3.54. The van der Waals surface area contributed by atoms with Crippen molar-refractivity contribution in [1.29, 1.82) is 0 Å². The molecule has 0 saturated carbocycles. The highest BCUT2D eigenvalue weighted by Crippen LogP contribution is 2.34. The minimum Gasteiger partial charge on any atom is -0.489 e. The predicted octanol–water partition coefficient (Wildman–Crippen LogP) is 3.50. The Labute approximate surface area is 112 Å². The molecule has 1 aliphatic rings. The molecule has 0 bridgehead atoms. The van der Waals surface area contributed by atoms with Gasteiger partial charge in [-0.05, 0) is 31.5 Å². The van der Waals surface area contributed by atoms with Crippen LogP contribution in [-0.2, 0) is 0 Å². The molecule has 4 heteroatoms. The molecule has 2 nitrogen and oxygen atoms in total. The predicted molar refractivity (Wildman–Crippen MR) is 75.3 cm³/mol. The van der Waals surface area contributed by atoms with Gasteiger partial charge in [-0.25, -0.2) is 0 Å². The van der Waals surface area contributed by atoms with Crippen molar-refractivity contribution >= 4 is 23.4 Å². The average Bonchev–Trinajstić information content (AvgIpc) is 2.32. The van der Waals surface area contributed by atoms with Crippen molar-refractivity contribution in [3.63, 3.8) is 0 Å². The maximum Gasteiger partial charge on any atom is 0.138 e. The number of thioether (sulfide) groups is 1. The van der Waals surface area contributed by atoms with Gasteiger partial charge in [-0.3, -0.25) is 0 Å². The van der Waals surface area contributed by atoms with Gasteiger partial charge in [0.25, 0.3) is 0 Å². The fourth-order valence-electron chi connectivity index (χ4n) is 1.85. The van der Waals surface area contributed by atoms with Crippen LogP contribution in [-0.4, -0.2) is 24.9 Å². The molecule has 1 fully saturated rings. The molecule has 1 atom stereocenters. The molecular weight excluding hydrogens is 254 g/mol. The molecule has 0 amide bonds. The summed E-state index contributed by atoms with van der Waals surface area (Å²) < 4.78 is 5.63. The maximum absolute atomic E-state index is 6.24. The Hall–Kier alpha value is -0.380. The second-order valence-electron chi connectivity index (χ2n) is 4.42. The summed E-state index contributed by atoms with van der Waals surface area (Å²) in [5.74, 6) is 1.94. The zero-order chi connectivity index (χ0) is 12.3. The largest absolute Gasteiger partial charge is 0.489 e.